The Bertz CT molecular complexity index is 1910. The molecule has 0 aliphatic carbocycles. The molecule has 4 rings (SSSR count). The van der Waals surface area contributed by atoms with Crippen LogP contribution in [0.25, 0.3) is 22.0 Å². The second-order valence-corrected chi connectivity index (χ2v) is 11.2. The number of alkyl halides is 6. The molecule has 8 nitrogen and oxygen atoms in total. The normalized spacial score (nSPS) is 13.2. The van der Waals surface area contributed by atoms with Crippen molar-refractivity contribution in [3.63, 3.8) is 0 Å². The third-order valence-electron chi connectivity index (χ3n) is 7.98. The summed E-state index contributed by atoms with van der Waals surface area (Å²) in [5, 5.41) is 4.87. The van der Waals surface area contributed by atoms with Gasteiger partial charge in [0.05, 0.1) is 29.3 Å². The Morgan fingerprint density at radius 2 is 1.73 bits per heavy atom. The number of carbonyl (C=O) groups excluding carboxylic acids is 2. The van der Waals surface area contributed by atoms with E-state index in [9.17, 15) is 40.7 Å². The predicted molar refractivity (Wildman–Crippen MR) is 164 cm³/mol. The molecule has 0 aliphatic rings. The van der Waals surface area contributed by atoms with Gasteiger partial charge >= 0.3 is 18.3 Å². The highest BCUT2D eigenvalue weighted by molar-refractivity contribution is 5.99. The van der Waals surface area contributed by atoms with Gasteiger partial charge in [-0.1, -0.05) is 25.1 Å². The molecule has 256 valence electrons. The van der Waals surface area contributed by atoms with E-state index in [4.69, 9.17) is 4.74 Å². The molecule has 0 bridgehead atoms. The number of carbonyl (C=O) groups is 2. The van der Waals surface area contributed by atoms with E-state index in [0.717, 1.165) is 23.8 Å². The summed E-state index contributed by atoms with van der Waals surface area (Å²) in [6, 6.07) is 5.04. The fourth-order valence-electron chi connectivity index (χ4n) is 5.43. The monoisotopic (exact) mass is 680 g/mol. The zero-order chi connectivity index (χ0) is 35.7. The van der Waals surface area contributed by atoms with Crippen molar-refractivity contribution in [3.05, 3.63) is 92.8 Å². The number of anilines is 1. The van der Waals surface area contributed by atoms with Gasteiger partial charge in [0.15, 0.2) is 0 Å². The number of hydrogen-bond acceptors (Lipinski definition) is 6. The molecular weight excluding hydrogens is 649 g/mol. The van der Waals surface area contributed by atoms with E-state index in [-0.39, 0.29) is 46.3 Å². The number of ether oxygens (including phenoxy) is 1. The third-order valence-corrected chi connectivity index (χ3v) is 7.98. The Morgan fingerprint density at radius 1 is 1.04 bits per heavy atom. The molecule has 0 aliphatic heterocycles. The number of halogens is 7. The van der Waals surface area contributed by atoms with Gasteiger partial charge in [-0.3, -0.25) is 14.6 Å². The van der Waals surface area contributed by atoms with Crippen molar-refractivity contribution in [2.75, 3.05) is 12.4 Å². The average Bonchev–Trinajstić information content (AvgIpc) is 3.00. The maximum atomic E-state index is 15.2. The van der Waals surface area contributed by atoms with Gasteiger partial charge in [0.2, 0.25) is 0 Å². The second-order valence-electron chi connectivity index (χ2n) is 11.2. The maximum Gasteiger partial charge on any atom is 0.417 e. The average molecular weight is 681 g/mol. The minimum Gasteiger partial charge on any atom is -0.467 e. The van der Waals surface area contributed by atoms with Gasteiger partial charge in [-0.05, 0) is 55.7 Å². The molecule has 48 heavy (non-hydrogen) atoms. The Balaban J connectivity index is 1.73. The van der Waals surface area contributed by atoms with Crippen LogP contribution in [0.1, 0.15) is 46.1 Å². The smallest absolute Gasteiger partial charge is 0.417 e. The van der Waals surface area contributed by atoms with Crippen molar-refractivity contribution in [2.24, 2.45) is 7.05 Å². The zero-order valence-corrected chi connectivity index (χ0v) is 26.4. The zero-order valence-electron chi connectivity index (χ0n) is 26.4. The first kappa shape index (κ1) is 35.9. The van der Waals surface area contributed by atoms with Crippen LogP contribution in [0.5, 0.6) is 0 Å². The van der Waals surface area contributed by atoms with Crippen molar-refractivity contribution in [1.29, 1.82) is 0 Å². The third kappa shape index (κ3) is 7.29. The van der Waals surface area contributed by atoms with Gasteiger partial charge in [0, 0.05) is 42.0 Å². The number of nitrogens with one attached hydrogen (secondary N) is 2. The van der Waals surface area contributed by atoms with Gasteiger partial charge in [-0.2, -0.15) is 26.3 Å². The molecule has 1 amide bonds. The summed E-state index contributed by atoms with van der Waals surface area (Å²) < 4.78 is 103. The van der Waals surface area contributed by atoms with E-state index in [0.29, 0.717) is 5.56 Å². The lowest BCUT2D eigenvalue weighted by Crippen LogP contribution is -2.43. The van der Waals surface area contributed by atoms with Gasteiger partial charge in [0.25, 0.3) is 11.5 Å². The van der Waals surface area contributed by atoms with Crippen molar-refractivity contribution in [1.82, 2.24) is 14.9 Å². The fraction of sp³-hybridized carbons (Fsp3) is 0.333. The number of amides is 1. The molecule has 0 unspecified atom stereocenters. The van der Waals surface area contributed by atoms with E-state index >= 15 is 4.39 Å². The standard InChI is InChI=1S/C33H31F7N4O4/c1-6-25(33(38,39)40)42-19-12-16(2)26(23(34)15-19)29(45)43-24(31(47)48-5)14-18-9-10-21(28-20(18)8-7-11-41-28)27-22(32(35,36)37)13-17(3)44(4)30(27)46/h7-13,15,24-25,42H,6,14H2,1-5H3,(H,43,45)/t24-,25+/m0/s1. The molecule has 4 aromatic rings. The number of fused-ring (bicyclic) bond motifs is 1. The quantitative estimate of drug-likeness (QED) is 0.152. The minimum absolute atomic E-state index is 0.0187. The van der Waals surface area contributed by atoms with Crippen LogP contribution in [0.4, 0.5) is 36.4 Å². The fourth-order valence-corrected chi connectivity index (χ4v) is 5.43. The molecule has 2 aromatic heterocycles. The molecule has 2 heterocycles. The molecule has 2 atom stereocenters. The lowest BCUT2D eigenvalue weighted by atomic mass is 9.93. The van der Waals surface area contributed by atoms with Gasteiger partial charge in [-0.25, -0.2) is 9.18 Å². The molecule has 0 radical (unpaired) electrons. The van der Waals surface area contributed by atoms with Crippen LogP contribution >= 0.6 is 0 Å². The van der Waals surface area contributed by atoms with Gasteiger partial charge in [-0.15, -0.1) is 0 Å². The molecule has 0 fully saturated rings. The van der Waals surface area contributed by atoms with Crippen LogP contribution in [-0.4, -0.2) is 46.8 Å². The maximum absolute atomic E-state index is 15.2. The number of aromatic nitrogens is 2. The Morgan fingerprint density at radius 3 is 2.31 bits per heavy atom. The van der Waals surface area contributed by atoms with Crippen molar-refractivity contribution in [2.45, 2.75) is 58.0 Å². The summed E-state index contributed by atoms with van der Waals surface area (Å²) in [5.41, 5.74) is -3.09. The molecule has 2 aromatic carbocycles. The summed E-state index contributed by atoms with van der Waals surface area (Å²) in [4.78, 5) is 43.5. The van der Waals surface area contributed by atoms with Crippen LogP contribution < -0.4 is 16.2 Å². The lowest BCUT2D eigenvalue weighted by molar-refractivity contribution is -0.143. The first-order valence-corrected chi connectivity index (χ1v) is 14.6. The van der Waals surface area contributed by atoms with Gasteiger partial charge in [0.1, 0.15) is 17.9 Å². The molecule has 2 N–H and O–H groups in total. The van der Waals surface area contributed by atoms with Crippen molar-refractivity contribution < 1.29 is 45.1 Å². The van der Waals surface area contributed by atoms with Crippen LogP contribution in [0, 0.1) is 19.7 Å². The highest BCUT2D eigenvalue weighted by Gasteiger charge is 2.39. The summed E-state index contributed by atoms with van der Waals surface area (Å²) >= 11 is 0. The van der Waals surface area contributed by atoms with Crippen LogP contribution in [0.2, 0.25) is 0 Å². The summed E-state index contributed by atoms with van der Waals surface area (Å²) in [6.07, 6.45) is -8.77. The highest BCUT2D eigenvalue weighted by Crippen LogP contribution is 2.38. The summed E-state index contributed by atoms with van der Waals surface area (Å²) in [5.74, 6) is -3.15. The van der Waals surface area contributed by atoms with E-state index in [2.05, 4.69) is 15.6 Å². The molecule has 0 saturated carbocycles. The van der Waals surface area contributed by atoms with Crippen molar-refractivity contribution >= 4 is 28.5 Å². The number of benzene rings is 2. The Kier molecular flexibility index (Phi) is 10.2. The first-order chi connectivity index (χ1) is 22.4. The van der Waals surface area contributed by atoms with Gasteiger partial charge < -0.3 is 19.9 Å². The topological polar surface area (TPSA) is 102 Å². The first-order valence-electron chi connectivity index (χ1n) is 14.6. The largest absolute Gasteiger partial charge is 0.467 e. The van der Waals surface area contributed by atoms with Crippen LogP contribution in [0.3, 0.4) is 0 Å². The predicted octanol–water partition coefficient (Wildman–Crippen LogP) is 6.64. The molecule has 0 spiro atoms. The van der Waals surface area contributed by atoms with E-state index < -0.39 is 64.4 Å². The number of pyridine rings is 2. The van der Waals surface area contributed by atoms with Crippen LogP contribution in [0.15, 0.2) is 53.5 Å². The number of hydrogen-bond donors (Lipinski definition) is 2. The minimum atomic E-state index is -4.87. The SMILES string of the molecule is CC[C@@H](Nc1cc(C)c(C(=O)N[C@@H](Cc2ccc(-c3c(C(F)(F)F)cc(C)n(C)c3=O)c3ncccc23)C(=O)OC)c(F)c1)C(F)(F)F. The second kappa shape index (κ2) is 13.6. The molecular formula is C33H31F7N4O4. The number of methoxy groups -OCH3 is 1. The number of esters is 1. The van der Waals surface area contributed by atoms with E-state index in [1.54, 1.807) is 0 Å². The summed E-state index contributed by atoms with van der Waals surface area (Å²) in [6.45, 7) is 3.99. The Labute approximate surface area is 269 Å². The number of rotatable bonds is 9. The lowest BCUT2D eigenvalue weighted by Gasteiger charge is -2.22. The number of aryl methyl sites for hydroxylation is 2. The van der Waals surface area contributed by atoms with E-state index in [1.807, 2.05) is 0 Å². The Hall–Kier alpha value is -4.95. The summed E-state index contributed by atoms with van der Waals surface area (Å²) in [7, 11) is 2.39. The highest BCUT2D eigenvalue weighted by atomic mass is 19.4. The van der Waals surface area contributed by atoms with Crippen molar-refractivity contribution in [3.8, 4) is 11.1 Å². The molecule has 15 heteroatoms. The van der Waals surface area contributed by atoms with Crippen LogP contribution in [-0.2, 0) is 29.2 Å². The number of nitrogens with zero attached hydrogens (tertiary/aromatic N) is 2. The van der Waals surface area contributed by atoms with E-state index in [1.165, 1.54) is 64.3 Å². The molecule has 0 saturated heterocycles.